The van der Waals surface area contributed by atoms with E-state index in [9.17, 15) is 23.1 Å². The van der Waals surface area contributed by atoms with Gasteiger partial charge in [-0.05, 0) is 0 Å². The third-order valence-electron chi connectivity index (χ3n) is 5.44. The first-order valence-electron chi connectivity index (χ1n) is 10.9. The molecule has 2 N–H and O–H groups in total. The Morgan fingerprint density at radius 2 is 1.97 bits per heavy atom. The summed E-state index contributed by atoms with van der Waals surface area (Å²) in [4.78, 5) is 23.2. The topological polar surface area (TPSA) is 121 Å². The van der Waals surface area contributed by atoms with E-state index in [1.54, 1.807) is 4.31 Å². The SMILES string of the molecule is CCCCS(=O)(=O)N1CCC([AsH]c2cccc(-c3sc(C(=O)O)c(OCC(=O)O)c3Br)c2)CC1. The van der Waals surface area contributed by atoms with Crippen LogP contribution in [0.3, 0.4) is 0 Å². The summed E-state index contributed by atoms with van der Waals surface area (Å²) in [5.41, 5.74) is 0.838. The van der Waals surface area contributed by atoms with E-state index in [0.717, 1.165) is 36.2 Å². The van der Waals surface area contributed by atoms with Gasteiger partial charge in [0, 0.05) is 0 Å². The number of hydrogen-bond donors (Lipinski definition) is 2. The minimum atomic E-state index is -3.16. The zero-order valence-corrected chi connectivity index (χ0v) is 23.9. The van der Waals surface area contributed by atoms with Crippen LogP contribution in [0.2, 0.25) is 4.71 Å². The van der Waals surface area contributed by atoms with Crippen molar-refractivity contribution in [2.24, 2.45) is 0 Å². The molecule has 0 amide bonds. The Labute approximate surface area is 218 Å². The van der Waals surface area contributed by atoms with E-state index < -0.39 is 44.3 Å². The molecule has 1 saturated heterocycles. The summed E-state index contributed by atoms with van der Waals surface area (Å²) in [6, 6.07) is 7.94. The number of benzene rings is 1. The first-order valence-corrected chi connectivity index (χ1v) is 16.3. The van der Waals surface area contributed by atoms with Crippen LogP contribution in [0.4, 0.5) is 0 Å². The Kier molecular flexibility index (Phi) is 9.63. The number of unbranched alkanes of at least 4 members (excludes halogenated alkanes) is 1. The molecule has 8 nitrogen and oxygen atoms in total. The number of ether oxygens (including phenoxy) is 1. The fourth-order valence-electron chi connectivity index (χ4n) is 3.71. The molecule has 0 bridgehead atoms. The number of aromatic carboxylic acids is 1. The maximum absolute atomic E-state index is 12.5. The van der Waals surface area contributed by atoms with Crippen LogP contribution >= 0.6 is 27.3 Å². The Hall–Kier alpha value is -1.39. The monoisotopic (exact) mass is 635 g/mol. The normalized spacial score (nSPS) is 15.7. The van der Waals surface area contributed by atoms with E-state index in [4.69, 9.17) is 9.84 Å². The molecule has 1 unspecified atom stereocenters. The predicted octanol–water partition coefficient (Wildman–Crippen LogP) is 3.42. The van der Waals surface area contributed by atoms with Gasteiger partial charge in [0.1, 0.15) is 0 Å². The quantitative estimate of drug-likeness (QED) is 0.363. The third kappa shape index (κ3) is 6.85. The second-order valence-corrected chi connectivity index (χ2v) is 15.4. The van der Waals surface area contributed by atoms with Gasteiger partial charge in [0.2, 0.25) is 0 Å². The molecule has 1 aliphatic heterocycles. The molecule has 186 valence electrons. The second kappa shape index (κ2) is 12.0. The maximum atomic E-state index is 12.5. The molecule has 0 saturated carbocycles. The Morgan fingerprint density at radius 3 is 2.59 bits per heavy atom. The molecule has 0 radical (unpaired) electrons. The first kappa shape index (κ1) is 27.2. The van der Waals surface area contributed by atoms with Crippen LogP contribution in [0, 0.1) is 0 Å². The van der Waals surface area contributed by atoms with Crippen molar-refractivity contribution in [3.05, 3.63) is 33.6 Å². The third-order valence-corrected chi connectivity index (χ3v) is 13.0. The van der Waals surface area contributed by atoms with Crippen LogP contribution in [-0.2, 0) is 14.8 Å². The molecule has 0 aliphatic carbocycles. The van der Waals surface area contributed by atoms with Crippen LogP contribution in [0.5, 0.6) is 5.75 Å². The molecule has 1 aliphatic rings. The summed E-state index contributed by atoms with van der Waals surface area (Å²) < 4.78 is 33.9. The fraction of sp³-hybridized carbons (Fsp3) is 0.455. The van der Waals surface area contributed by atoms with Crippen LogP contribution < -0.4 is 9.09 Å². The Morgan fingerprint density at radius 1 is 1.26 bits per heavy atom. The van der Waals surface area contributed by atoms with E-state index in [1.165, 1.54) is 4.35 Å². The molecule has 1 atom stereocenters. The van der Waals surface area contributed by atoms with Crippen molar-refractivity contribution >= 4 is 69.3 Å². The van der Waals surface area contributed by atoms with Crippen LogP contribution in [0.25, 0.3) is 10.4 Å². The summed E-state index contributed by atoms with van der Waals surface area (Å²) in [5, 5.41) is 18.4. The summed E-state index contributed by atoms with van der Waals surface area (Å²) in [6.07, 6.45) is 3.26. The number of carboxylic acids is 2. The minimum absolute atomic E-state index is 0.0213. The number of carbonyl (C=O) groups is 2. The summed E-state index contributed by atoms with van der Waals surface area (Å²) >= 11 is 3.91. The average molecular weight is 636 g/mol. The second-order valence-electron chi connectivity index (χ2n) is 7.96. The van der Waals surface area contributed by atoms with E-state index in [0.29, 0.717) is 33.6 Å². The number of sulfonamides is 1. The predicted molar refractivity (Wildman–Crippen MR) is 138 cm³/mol. The Bertz CT molecular complexity index is 1140. The molecule has 0 spiro atoms. The summed E-state index contributed by atoms with van der Waals surface area (Å²) in [5.74, 6) is -2.12. The van der Waals surface area contributed by atoms with Gasteiger partial charge >= 0.3 is 219 Å². The van der Waals surface area contributed by atoms with E-state index in [1.807, 2.05) is 25.1 Å². The van der Waals surface area contributed by atoms with Gasteiger partial charge in [-0.25, -0.2) is 0 Å². The van der Waals surface area contributed by atoms with Crippen LogP contribution in [0.15, 0.2) is 28.7 Å². The van der Waals surface area contributed by atoms with Crippen molar-refractivity contribution in [1.29, 1.82) is 0 Å². The van der Waals surface area contributed by atoms with Crippen molar-refractivity contribution in [2.45, 2.75) is 37.3 Å². The van der Waals surface area contributed by atoms with Crippen molar-refractivity contribution in [3.63, 3.8) is 0 Å². The molecule has 1 fully saturated rings. The van der Waals surface area contributed by atoms with Crippen molar-refractivity contribution in [1.82, 2.24) is 4.31 Å². The van der Waals surface area contributed by atoms with Gasteiger partial charge in [-0.3, -0.25) is 0 Å². The fourth-order valence-corrected chi connectivity index (χ4v) is 10.3. The molecule has 2 heterocycles. The number of halogens is 1. The number of nitrogens with zero attached hydrogens (tertiary/aromatic N) is 1. The zero-order valence-electron chi connectivity index (χ0n) is 18.6. The number of carboxylic acid groups (broad SMARTS) is 2. The van der Waals surface area contributed by atoms with Gasteiger partial charge in [-0.2, -0.15) is 0 Å². The number of aliphatic carboxylic acids is 1. The van der Waals surface area contributed by atoms with E-state index in [-0.39, 0.29) is 16.4 Å². The zero-order chi connectivity index (χ0) is 24.9. The van der Waals surface area contributed by atoms with E-state index >= 15 is 0 Å². The molecular weight excluding hydrogens is 609 g/mol. The van der Waals surface area contributed by atoms with Gasteiger partial charge in [0.05, 0.1) is 0 Å². The van der Waals surface area contributed by atoms with E-state index in [2.05, 4.69) is 22.0 Å². The van der Waals surface area contributed by atoms with Crippen molar-refractivity contribution < 1.29 is 33.0 Å². The number of rotatable bonds is 11. The molecule has 12 heteroatoms. The van der Waals surface area contributed by atoms with Gasteiger partial charge in [0.25, 0.3) is 0 Å². The molecule has 2 aromatic rings. The van der Waals surface area contributed by atoms with Gasteiger partial charge < -0.3 is 0 Å². The summed E-state index contributed by atoms with van der Waals surface area (Å²) in [6.45, 7) is 2.50. The molecule has 1 aromatic heterocycles. The first-order chi connectivity index (χ1) is 16.1. The summed E-state index contributed by atoms with van der Waals surface area (Å²) in [7, 11) is -3.16. The number of thiophene rings is 1. The van der Waals surface area contributed by atoms with Crippen molar-refractivity contribution in [2.75, 3.05) is 25.4 Å². The molecule has 3 rings (SSSR count). The van der Waals surface area contributed by atoms with Crippen molar-refractivity contribution in [3.8, 4) is 16.2 Å². The van der Waals surface area contributed by atoms with Gasteiger partial charge in [0.15, 0.2) is 0 Å². The Balaban J connectivity index is 1.72. The van der Waals surface area contributed by atoms with Crippen LogP contribution in [0.1, 0.15) is 42.3 Å². The van der Waals surface area contributed by atoms with Gasteiger partial charge in [-0.15, -0.1) is 0 Å². The molecular formula is C22H27AsBrNO7S2. The average Bonchev–Trinajstić information content (AvgIpc) is 3.13. The molecule has 34 heavy (non-hydrogen) atoms. The number of hydrogen-bond acceptors (Lipinski definition) is 6. The standard InChI is InChI=1S/C22H27AsBrNO7S2/c1-2-3-11-34(30,31)25-9-7-15(8-10-25)23-16-6-4-5-14(12-16)20-18(24)19(32-13-17(26)27)21(33-20)22(28)29/h4-6,12,15,23H,2-3,7-11,13H2,1H3,(H,26,27)(H,28,29). The van der Waals surface area contributed by atoms with Crippen LogP contribution in [-0.4, -0.2) is 76.1 Å². The molecule has 1 aromatic carbocycles. The number of piperidine rings is 1. The van der Waals surface area contributed by atoms with Gasteiger partial charge in [-0.1, -0.05) is 0 Å².